The number of benzene rings is 1. The van der Waals surface area contributed by atoms with Crippen molar-refractivity contribution in [3.05, 3.63) is 72.4 Å². The fourth-order valence-corrected chi connectivity index (χ4v) is 5.11. The number of carbonyl (C=O) groups excluding carboxylic acids is 1. The molecule has 1 aliphatic rings. The molecule has 0 aliphatic heterocycles. The summed E-state index contributed by atoms with van der Waals surface area (Å²) in [5, 5.41) is 0. The average molecular weight is 434 g/mol. The molecule has 0 bridgehead atoms. The number of hydrogen-bond acceptors (Lipinski definition) is 7. The Morgan fingerprint density at radius 2 is 1.87 bits per heavy atom. The van der Waals surface area contributed by atoms with Crippen LogP contribution in [0.3, 0.4) is 0 Å². The van der Waals surface area contributed by atoms with Crippen LogP contribution < -0.4 is 0 Å². The Morgan fingerprint density at radius 1 is 1.10 bits per heavy atom. The van der Waals surface area contributed by atoms with Gasteiger partial charge in [-0.05, 0) is 48.6 Å². The number of esters is 1. The Kier molecular flexibility index (Phi) is 4.55. The van der Waals surface area contributed by atoms with Crippen molar-refractivity contribution in [2.75, 3.05) is 7.11 Å². The number of aromatic nitrogens is 4. The van der Waals surface area contributed by atoms with Gasteiger partial charge in [0.2, 0.25) is 0 Å². The fourth-order valence-electron chi connectivity index (χ4n) is 3.75. The minimum Gasteiger partial charge on any atom is -0.465 e. The summed E-state index contributed by atoms with van der Waals surface area (Å²) in [4.78, 5) is 25.2. The zero-order valence-electron chi connectivity index (χ0n) is 16.6. The van der Waals surface area contributed by atoms with Crippen molar-refractivity contribution in [2.24, 2.45) is 0 Å². The summed E-state index contributed by atoms with van der Waals surface area (Å²) in [5.74, 6) is -0.476. The maximum atomic E-state index is 13.6. The van der Waals surface area contributed by atoms with Crippen molar-refractivity contribution in [1.29, 1.82) is 0 Å². The molecular weight excluding hydrogens is 416 g/mol. The van der Waals surface area contributed by atoms with Gasteiger partial charge < -0.3 is 4.74 Å². The minimum absolute atomic E-state index is 0.0330. The fraction of sp³-hybridized carbons (Fsp3) is 0.182. The molecule has 9 heteroatoms. The van der Waals surface area contributed by atoms with Crippen LogP contribution in [0.1, 0.15) is 34.7 Å². The van der Waals surface area contributed by atoms with Gasteiger partial charge in [0.15, 0.2) is 0 Å². The monoisotopic (exact) mass is 434 g/mol. The Hall–Kier alpha value is -3.59. The predicted molar refractivity (Wildman–Crippen MR) is 113 cm³/mol. The van der Waals surface area contributed by atoms with Gasteiger partial charge in [0.05, 0.1) is 29.4 Å². The van der Waals surface area contributed by atoms with Crippen molar-refractivity contribution in [2.45, 2.75) is 23.7 Å². The van der Waals surface area contributed by atoms with E-state index in [1.165, 1.54) is 35.7 Å². The summed E-state index contributed by atoms with van der Waals surface area (Å²) in [6.07, 6.45) is 9.09. The van der Waals surface area contributed by atoms with Crippen molar-refractivity contribution in [1.82, 2.24) is 18.9 Å². The highest BCUT2D eigenvalue weighted by Crippen LogP contribution is 2.48. The summed E-state index contributed by atoms with van der Waals surface area (Å²) < 4.78 is 33.2. The second-order valence-corrected chi connectivity index (χ2v) is 9.14. The third-order valence-corrected chi connectivity index (χ3v) is 6.98. The molecule has 3 heterocycles. The molecule has 0 unspecified atom stereocenters. The van der Waals surface area contributed by atoms with E-state index in [4.69, 9.17) is 4.74 Å². The largest absolute Gasteiger partial charge is 0.465 e. The van der Waals surface area contributed by atoms with E-state index in [1.54, 1.807) is 36.7 Å². The maximum absolute atomic E-state index is 13.6. The lowest BCUT2D eigenvalue weighted by atomic mass is 10.0. The number of fused-ring (bicyclic) bond motifs is 1. The van der Waals surface area contributed by atoms with Gasteiger partial charge >= 0.3 is 5.97 Å². The van der Waals surface area contributed by atoms with Gasteiger partial charge in [0.1, 0.15) is 4.90 Å². The molecule has 1 aliphatic carbocycles. The van der Waals surface area contributed by atoms with Gasteiger partial charge in [-0.25, -0.2) is 17.2 Å². The molecule has 1 saturated carbocycles. The number of nitrogens with zero attached hydrogens (tertiary/aromatic N) is 4. The first-order chi connectivity index (χ1) is 15.0. The van der Waals surface area contributed by atoms with Crippen LogP contribution in [0.5, 0.6) is 0 Å². The van der Waals surface area contributed by atoms with Gasteiger partial charge in [-0.15, -0.1) is 0 Å². The van der Waals surface area contributed by atoms with E-state index < -0.39 is 16.0 Å². The van der Waals surface area contributed by atoms with Crippen molar-refractivity contribution >= 4 is 27.0 Å². The number of pyridine rings is 1. The first kappa shape index (κ1) is 19.4. The Balaban J connectivity index is 1.83. The first-order valence-electron chi connectivity index (χ1n) is 9.71. The van der Waals surface area contributed by atoms with E-state index in [0.29, 0.717) is 27.9 Å². The zero-order valence-corrected chi connectivity index (χ0v) is 17.4. The molecule has 156 valence electrons. The summed E-state index contributed by atoms with van der Waals surface area (Å²) in [6.45, 7) is 0. The van der Waals surface area contributed by atoms with Gasteiger partial charge in [0, 0.05) is 36.5 Å². The van der Waals surface area contributed by atoms with E-state index in [1.807, 2.05) is 0 Å². The highest BCUT2D eigenvalue weighted by Gasteiger charge is 2.37. The van der Waals surface area contributed by atoms with E-state index in [-0.39, 0.29) is 16.4 Å². The highest BCUT2D eigenvalue weighted by atomic mass is 32.2. The Morgan fingerprint density at radius 3 is 2.55 bits per heavy atom. The highest BCUT2D eigenvalue weighted by molar-refractivity contribution is 7.90. The molecule has 0 saturated heterocycles. The molecule has 1 aromatic carbocycles. The summed E-state index contributed by atoms with van der Waals surface area (Å²) in [7, 11) is -2.72. The molecule has 0 N–H and O–H groups in total. The standard InChI is InChI=1S/C22H18N4O4S/c1-30-22(27)17-13-26(31(28,29)16-3-2-8-23-12-16)21(20(17)14-4-5-14)15-6-7-18-19(11-15)25-10-9-24-18/h2-3,6-14H,4-5H2,1H3. The number of hydrogen-bond donors (Lipinski definition) is 0. The topological polar surface area (TPSA) is 104 Å². The summed E-state index contributed by atoms with van der Waals surface area (Å²) in [5.41, 5.74) is 3.35. The first-order valence-corrected chi connectivity index (χ1v) is 11.1. The van der Waals surface area contributed by atoms with Gasteiger partial charge in [0.25, 0.3) is 10.0 Å². The van der Waals surface area contributed by atoms with Crippen molar-refractivity contribution in [3.63, 3.8) is 0 Å². The number of carbonyl (C=O) groups is 1. The number of methoxy groups -OCH3 is 1. The summed E-state index contributed by atoms with van der Waals surface area (Å²) >= 11 is 0. The molecule has 0 radical (unpaired) electrons. The quantitative estimate of drug-likeness (QED) is 0.443. The smallest absolute Gasteiger partial charge is 0.339 e. The van der Waals surface area contributed by atoms with Crippen LogP contribution in [0.4, 0.5) is 0 Å². The van der Waals surface area contributed by atoms with Crippen LogP contribution in [0.2, 0.25) is 0 Å². The van der Waals surface area contributed by atoms with Crippen LogP contribution in [0.15, 0.2) is 66.2 Å². The number of rotatable bonds is 5. The van der Waals surface area contributed by atoms with E-state index in [2.05, 4.69) is 15.0 Å². The molecule has 0 amide bonds. The molecule has 31 heavy (non-hydrogen) atoms. The minimum atomic E-state index is -4.01. The molecule has 5 rings (SSSR count). The van der Waals surface area contributed by atoms with Gasteiger partial charge in [-0.1, -0.05) is 6.07 Å². The van der Waals surface area contributed by atoms with Gasteiger partial charge in [-0.3, -0.25) is 15.0 Å². The second kappa shape index (κ2) is 7.28. The zero-order chi connectivity index (χ0) is 21.6. The molecular formula is C22H18N4O4S. The van der Waals surface area contributed by atoms with Crippen molar-refractivity contribution < 1.29 is 17.9 Å². The molecule has 3 aromatic heterocycles. The van der Waals surface area contributed by atoms with Crippen LogP contribution >= 0.6 is 0 Å². The molecule has 4 aromatic rings. The predicted octanol–water partition coefficient (Wildman–Crippen LogP) is 3.39. The lowest BCUT2D eigenvalue weighted by Gasteiger charge is -2.13. The molecule has 1 fully saturated rings. The van der Waals surface area contributed by atoms with Crippen LogP contribution in [-0.4, -0.2) is 40.4 Å². The normalized spacial score (nSPS) is 14.0. The molecule has 0 spiro atoms. The third kappa shape index (κ3) is 3.27. The second-order valence-electron chi connectivity index (χ2n) is 7.32. The van der Waals surface area contributed by atoms with Gasteiger partial charge in [-0.2, -0.15) is 0 Å². The average Bonchev–Trinajstić information content (AvgIpc) is 3.57. The van der Waals surface area contributed by atoms with E-state index >= 15 is 0 Å². The SMILES string of the molecule is COC(=O)c1cn(S(=O)(=O)c2cccnc2)c(-c2ccc3nccnc3c2)c1C1CC1. The Labute approximate surface area is 178 Å². The third-order valence-electron chi connectivity index (χ3n) is 5.34. The molecule has 8 nitrogen and oxygen atoms in total. The Bertz CT molecular complexity index is 1410. The number of ether oxygens (including phenoxy) is 1. The van der Waals surface area contributed by atoms with E-state index in [9.17, 15) is 13.2 Å². The van der Waals surface area contributed by atoms with E-state index in [0.717, 1.165) is 12.8 Å². The lowest BCUT2D eigenvalue weighted by molar-refractivity contribution is 0.0599. The van der Waals surface area contributed by atoms with Crippen LogP contribution in [-0.2, 0) is 14.8 Å². The lowest BCUT2D eigenvalue weighted by Crippen LogP contribution is -2.14. The van der Waals surface area contributed by atoms with Crippen molar-refractivity contribution in [3.8, 4) is 11.3 Å². The summed E-state index contributed by atoms with van der Waals surface area (Å²) in [6, 6.07) is 8.42. The van der Waals surface area contributed by atoms with Crippen LogP contribution in [0, 0.1) is 0 Å². The molecule has 0 atom stereocenters. The maximum Gasteiger partial charge on any atom is 0.339 e. The van der Waals surface area contributed by atoms with Crippen LogP contribution in [0.25, 0.3) is 22.3 Å².